The number of alkyl halides is 1. The minimum atomic E-state index is -1.01. The molecule has 40 heavy (non-hydrogen) atoms. The number of ether oxygens (including phenoxy) is 3. The standard InChI is InChI=1S/C26H38BrClN4O8/c1-13(2)19(30-25(37)40-26(5,6)7)22(34)29-20(14(3)4)23(35)38-12-17-16(28)10-18(39-17)32-11-15(8-9-27)21(33)31-24(32)36/h8-9,11,13-14,16-20H,10,12H2,1-7H3,(H,29,34)(H,30,37)(H,31,33,36)/t16-,17+,18+,19-,20-/m0/s1. The van der Waals surface area contributed by atoms with Crippen molar-refractivity contribution in [1.82, 2.24) is 20.2 Å². The molecule has 2 heterocycles. The Bertz CT molecular complexity index is 1210. The van der Waals surface area contributed by atoms with Crippen LogP contribution in [0.25, 0.3) is 6.08 Å². The summed E-state index contributed by atoms with van der Waals surface area (Å²) in [5, 5.41) is 4.64. The Morgan fingerprint density at radius 2 is 1.80 bits per heavy atom. The molecule has 224 valence electrons. The molecule has 0 spiro atoms. The predicted molar refractivity (Wildman–Crippen MR) is 153 cm³/mol. The van der Waals surface area contributed by atoms with Gasteiger partial charge in [0, 0.05) is 12.6 Å². The zero-order valence-electron chi connectivity index (χ0n) is 23.7. The van der Waals surface area contributed by atoms with E-state index in [0.717, 1.165) is 0 Å². The van der Waals surface area contributed by atoms with Gasteiger partial charge in [-0.1, -0.05) is 43.6 Å². The first-order chi connectivity index (χ1) is 18.5. The number of nitrogens with one attached hydrogen (secondary N) is 3. The van der Waals surface area contributed by atoms with Crippen LogP contribution in [-0.2, 0) is 23.8 Å². The van der Waals surface area contributed by atoms with Gasteiger partial charge in [0.25, 0.3) is 5.56 Å². The van der Waals surface area contributed by atoms with Crippen molar-refractivity contribution in [2.24, 2.45) is 11.8 Å². The maximum atomic E-state index is 13.0. The van der Waals surface area contributed by atoms with E-state index in [9.17, 15) is 24.0 Å². The summed E-state index contributed by atoms with van der Waals surface area (Å²) in [7, 11) is 0. The van der Waals surface area contributed by atoms with Crippen molar-refractivity contribution in [3.63, 3.8) is 0 Å². The van der Waals surface area contributed by atoms with Crippen molar-refractivity contribution in [1.29, 1.82) is 0 Å². The fourth-order valence-electron chi connectivity index (χ4n) is 3.88. The molecule has 14 heteroatoms. The van der Waals surface area contributed by atoms with Crippen LogP contribution >= 0.6 is 27.5 Å². The Morgan fingerprint density at radius 3 is 2.35 bits per heavy atom. The first-order valence-corrected chi connectivity index (χ1v) is 14.3. The summed E-state index contributed by atoms with van der Waals surface area (Å²) in [6.07, 6.45) is 0.790. The van der Waals surface area contributed by atoms with Gasteiger partial charge in [-0.05, 0) is 43.7 Å². The third-order valence-corrected chi connectivity index (χ3v) is 6.66. The van der Waals surface area contributed by atoms with Crippen LogP contribution in [0.3, 0.4) is 0 Å². The third-order valence-electron chi connectivity index (χ3n) is 5.94. The van der Waals surface area contributed by atoms with Crippen LogP contribution < -0.4 is 21.9 Å². The summed E-state index contributed by atoms with van der Waals surface area (Å²) in [6, 6.07) is -1.96. The van der Waals surface area contributed by atoms with Gasteiger partial charge in [0.05, 0.1) is 10.9 Å². The van der Waals surface area contributed by atoms with Gasteiger partial charge < -0.3 is 24.8 Å². The van der Waals surface area contributed by atoms with Crippen molar-refractivity contribution in [2.45, 2.75) is 90.3 Å². The summed E-state index contributed by atoms with van der Waals surface area (Å²) < 4.78 is 17.8. The fourth-order valence-corrected chi connectivity index (χ4v) is 4.44. The molecular weight excluding hydrogens is 612 g/mol. The van der Waals surface area contributed by atoms with Crippen molar-refractivity contribution in [3.05, 3.63) is 37.6 Å². The number of aromatic amines is 1. The van der Waals surface area contributed by atoms with Gasteiger partial charge in [0.1, 0.15) is 36.6 Å². The van der Waals surface area contributed by atoms with Crippen LogP contribution in [0.4, 0.5) is 4.79 Å². The van der Waals surface area contributed by atoms with Crippen molar-refractivity contribution in [3.8, 4) is 0 Å². The number of halogens is 2. The highest BCUT2D eigenvalue weighted by Crippen LogP contribution is 2.31. The normalized spacial score (nSPS) is 20.9. The lowest BCUT2D eigenvalue weighted by molar-refractivity contribution is -0.153. The highest BCUT2D eigenvalue weighted by molar-refractivity contribution is 9.11. The van der Waals surface area contributed by atoms with Crippen LogP contribution in [0.15, 0.2) is 20.8 Å². The maximum Gasteiger partial charge on any atom is 0.408 e. The predicted octanol–water partition coefficient (Wildman–Crippen LogP) is 3.03. The molecule has 1 aromatic rings. The Kier molecular flexibility index (Phi) is 12.0. The van der Waals surface area contributed by atoms with Crippen LogP contribution in [0.1, 0.15) is 66.7 Å². The van der Waals surface area contributed by atoms with Crippen molar-refractivity contribution < 1.29 is 28.6 Å². The number of carbonyl (C=O) groups excluding carboxylic acids is 3. The molecule has 0 aliphatic carbocycles. The lowest BCUT2D eigenvalue weighted by Crippen LogP contribution is -2.55. The van der Waals surface area contributed by atoms with Gasteiger partial charge in [0.15, 0.2) is 0 Å². The van der Waals surface area contributed by atoms with Crippen LogP contribution in [-0.4, -0.2) is 63.3 Å². The lowest BCUT2D eigenvalue weighted by atomic mass is 10.0. The minimum Gasteiger partial charge on any atom is -0.461 e. The van der Waals surface area contributed by atoms with E-state index in [4.69, 9.17) is 25.8 Å². The van der Waals surface area contributed by atoms with E-state index < -0.39 is 64.6 Å². The second kappa shape index (κ2) is 14.3. The molecule has 1 fully saturated rings. The number of esters is 1. The summed E-state index contributed by atoms with van der Waals surface area (Å²) in [6.45, 7) is 11.9. The second-order valence-corrected chi connectivity index (χ2v) is 12.2. The van der Waals surface area contributed by atoms with Crippen LogP contribution in [0.2, 0.25) is 0 Å². The molecule has 1 saturated heterocycles. The Hall–Kier alpha value is -2.64. The topological polar surface area (TPSA) is 158 Å². The second-order valence-electron chi connectivity index (χ2n) is 11.2. The summed E-state index contributed by atoms with van der Waals surface area (Å²) in [5.74, 6) is -1.89. The molecule has 1 aliphatic rings. The third kappa shape index (κ3) is 9.48. The van der Waals surface area contributed by atoms with Gasteiger partial charge in [-0.15, -0.1) is 11.6 Å². The van der Waals surface area contributed by atoms with Crippen molar-refractivity contribution in [2.75, 3.05) is 6.61 Å². The lowest BCUT2D eigenvalue weighted by Gasteiger charge is -2.28. The van der Waals surface area contributed by atoms with Gasteiger partial charge in [0.2, 0.25) is 5.91 Å². The molecule has 0 saturated carbocycles. The molecule has 2 amide bonds. The largest absolute Gasteiger partial charge is 0.461 e. The molecule has 1 aliphatic heterocycles. The summed E-state index contributed by atoms with van der Waals surface area (Å²) in [5.41, 5.74) is -1.72. The zero-order chi connectivity index (χ0) is 30.4. The van der Waals surface area contributed by atoms with E-state index >= 15 is 0 Å². The fraction of sp³-hybridized carbons (Fsp3) is 0.654. The smallest absolute Gasteiger partial charge is 0.408 e. The number of aromatic nitrogens is 2. The average molecular weight is 650 g/mol. The number of carbonyl (C=O) groups is 3. The number of alkyl carbamates (subject to hydrolysis) is 1. The molecule has 0 radical (unpaired) electrons. The quantitative estimate of drug-likeness (QED) is 0.258. The Labute approximate surface area is 246 Å². The molecule has 0 bridgehead atoms. The Balaban J connectivity index is 2.06. The SMILES string of the molecule is CC(C)[C@H](NC(=O)OC(C)(C)C)C(=O)N[C@H](C(=O)OC[C@H]1O[C@@H](n2cc(C=CBr)c(=O)[nH]c2=O)C[C@@H]1Cl)C(C)C. The maximum absolute atomic E-state index is 13.0. The molecular formula is C26H38BrClN4O8. The highest BCUT2D eigenvalue weighted by atomic mass is 79.9. The number of nitrogens with zero attached hydrogens (tertiary/aromatic N) is 1. The Morgan fingerprint density at radius 1 is 1.18 bits per heavy atom. The van der Waals surface area contributed by atoms with Gasteiger partial charge >= 0.3 is 17.8 Å². The summed E-state index contributed by atoms with van der Waals surface area (Å²) >= 11 is 9.54. The van der Waals surface area contributed by atoms with E-state index in [1.807, 2.05) is 0 Å². The van der Waals surface area contributed by atoms with Gasteiger partial charge in [-0.25, -0.2) is 14.4 Å². The number of hydrogen-bond acceptors (Lipinski definition) is 8. The number of hydrogen-bond donors (Lipinski definition) is 3. The van der Waals surface area contributed by atoms with Gasteiger partial charge in [-0.3, -0.25) is 19.1 Å². The minimum absolute atomic E-state index is 0.224. The average Bonchev–Trinajstić information content (AvgIpc) is 3.19. The van der Waals surface area contributed by atoms with E-state index in [1.165, 1.54) is 21.8 Å². The number of H-pyrrole nitrogens is 1. The monoisotopic (exact) mass is 648 g/mol. The first-order valence-electron chi connectivity index (χ1n) is 12.9. The number of rotatable bonds is 10. The molecule has 2 rings (SSSR count). The molecule has 1 aromatic heterocycles. The zero-order valence-corrected chi connectivity index (χ0v) is 26.0. The first kappa shape index (κ1) is 33.6. The van der Waals surface area contributed by atoms with E-state index in [1.54, 1.807) is 48.5 Å². The number of amides is 2. The van der Waals surface area contributed by atoms with Crippen LogP contribution in [0.5, 0.6) is 0 Å². The molecule has 3 N–H and O–H groups in total. The molecule has 0 unspecified atom stereocenters. The van der Waals surface area contributed by atoms with E-state index in [0.29, 0.717) is 0 Å². The van der Waals surface area contributed by atoms with E-state index in [2.05, 4.69) is 31.5 Å². The van der Waals surface area contributed by atoms with E-state index in [-0.39, 0.29) is 30.4 Å². The summed E-state index contributed by atoms with van der Waals surface area (Å²) in [4.78, 5) is 66.3. The molecule has 5 atom stereocenters. The van der Waals surface area contributed by atoms with Crippen LogP contribution in [0, 0.1) is 11.8 Å². The highest BCUT2D eigenvalue weighted by Gasteiger charge is 2.38. The van der Waals surface area contributed by atoms with Gasteiger partial charge in [-0.2, -0.15) is 0 Å². The van der Waals surface area contributed by atoms with Crippen molar-refractivity contribution >= 4 is 51.6 Å². The molecule has 12 nitrogen and oxygen atoms in total. The molecule has 0 aromatic carbocycles.